The average molecular weight is 369 g/mol. The zero-order valence-electron chi connectivity index (χ0n) is 13.0. The van der Waals surface area contributed by atoms with Gasteiger partial charge >= 0.3 is 5.69 Å². The summed E-state index contributed by atoms with van der Waals surface area (Å²) in [5.41, 5.74) is 1.56. The van der Waals surface area contributed by atoms with E-state index in [0.717, 1.165) is 10.6 Å². The molecule has 0 amide bonds. The third-order valence-electron chi connectivity index (χ3n) is 3.34. The summed E-state index contributed by atoms with van der Waals surface area (Å²) in [7, 11) is 1.38. The van der Waals surface area contributed by atoms with Crippen LogP contribution in [-0.4, -0.2) is 17.0 Å². The number of allylic oxidation sites excluding steroid dienone is 1. The lowest BCUT2D eigenvalue weighted by Crippen LogP contribution is -1.94. The molecular weight excluding hydrogens is 358 g/mol. The number of methoxy groups -OCH3 is 1. The minimum absolute atomic E-state index is 0.146. The van der Waals surface area contributed by atoms with Crippen molar-refractivity contribution in [3.8, 4) is 22.4 Å². The van der Waals surface area contributed by atoms with E-state index in [0.29, 0.717) is 16.1 Å². The maximum atomic E-state index is 11.1. The van der Waals surface area contributed by atoms with E-state index in [1.807, 2.05) is 22.9 Å². The molecule has 0 spiro atoms. The van der Waals surface area contributed by atoms with E-state index in [1.165, 1.54) is 30.6 Å². The zero-order valence-corrected chi connectivity index (χ0v) is 14.6. The lowest BCUT2D eigenvalue weighted by molar-refractivity contribution is -0.385. The Balaban J connectivity index is 1.97. The Bertz CT molecular complexity index is 985. The first kappa shape index (κ1) is 16.8. The zero-order chi connectivity index (χ0) is 17.8. The van der Waals surface area contributed by atoms with E-state index in [9.17, 15) is 15.4 Å². The van der Waals surface area contributed by atoms with Crippen molar-refractivity contribution in [2.75, 3.05) is 7.11 Å². The van der Waals surface area contributed by atoms with Crippen LogP contribution in [0.25, 0.3) is 22.2 Å². The van der Waals surface area contributed by atoms with Crippen LogP contribution in [0.3, 0.4) is 0 Å². The monoisotopic (exact) mass is 369 g/mol. The molecule has 8 heteroatoms. The number of thiazole rings is 1. The van der Waals surface area contributed by atoms with E-state index < -0.39 is 4.92 Å². The summed E-state index contributed by atoms with van der Waals surface area (Å²) in [4.78, 5) is 16.1. The highest BCUT2D eigenvalue weighted by Gasteiger charge is 2.15. The maximum absolute atomic E-state index is 11.1. The van der Waals surface area contributed by atoms with Crippen LogP contribution in [0, 0.1) is 21.4 Å². The third kappa shape index (κ3) is 3.57. The fraction of sp³-hybridized carbons (Fsp3) is 0.0588. The SMILES string of the molecule is COc1ccc(/C=C(/C#N)c2nc(-c3cccs3)cs2)cc1[N+](=O)[O-]. The molecule has 0 bridgehead atoms. The summed E-state index contributed by atoms with van der Waals surface area (Å²) in [6.07, 6.45) is 1.59. The van der Waals surface area contributed by atoms with Crippen LogP contribution in [-0.2, 0) is 0 Å². The van der Waals surface area contributed by atoms with Gasteiger partial charge in [-0.3, -0.25) is 10.1 Å². The largest absolute Gasteiger partial charge is 0.490 e. The Labute approximate surface area is 151 Å². The summed E-state index contributed by atoms with van der Waals surface area (Å²) in [6, 6.07) is 10.6. The Hall–Kier alpha value is -3.02. The number of thiophene rings is 1. The summed E-state index contributed by atoms with van der Waals surface area (Å²) in [5, 5.41) is 25.0. The van der Waals surface area contributed by atoms with Crippen LogP contribution in [0.2, 0.25) is 0 Å². The summed E-state index contributed by atoms with van der Waals surface area (Å²) in [5.74, 6) is 0.176. The molecule has 0 unspecified atom stereocenters. The Morgan fingerprint density at radius 2 is 2.24 bits per heavy atom. The lowest BCUT2D eigenvalue weighted by atomic mass is 10.1. The van der Waals surface area contributed by atoms with Crippen molar-refractivity contribution in [2.45, 2.75) is 0 Å². The van der Waals surface area contributed by atoms with Gasteiger partial charge in [0.2, 0.25) is 0 Å². The molecular formula is C17H11N3O3S2. The van der Waals surface area contributed by atoms with Gasteiger partial charge in [-0.05, 0) is 29.2 Å². The topological polar surface area (TPSA) is 89.0 Å². The van der Waals surface area contributed by atoms with E-state index in [2.05, 4.69) is 11.1 Å². The number of aromatic nitrogens is 1. The van der Waals surface area contributed by atoms with Gasteiger partial charge in [0.05, 0.1) is 28.2 Å². The Morgan fingerprint density at radius 3 is 2.88 bits per heavy atom. The lowest BCUT2D eigenvalue weighted by Gasteiger charge is -2.02. The standard InChI is InChI=1S/C17H11N3O3S2/c1-23-15-5-4-11(8-14(15)20(21)22)7-12(9-18)17-19-13(10-25-17)16-3-2-6-24-16/h2-8,10H,1H3/b12-7-. The van der Waals surface area contributed by atoms with Crippen molar-refractivity contribution in [1.82, 2.24) is 4.98 Å². The number of nitrogens with zero attached hydrogens (tertiary/aromatic N) is 3. The molecule has 2 aromatic heterocycles. The van der Waals surface area contributed by atoms with Gasteiger partial charge in [0.1, 0.15) is 11.1 Å². The number of nitriles is 1. The first-order chi connectivity index (χ1) is 12.1. The molecule has 3 rings (SSSR count). The fourth-order valence-electron chi connectivity index (χ4n) is 2.18. The number of benzene rings is 1. The number of rotatable bonds is 5. The van der Waals surface area contributed by atoms with Crippen molar-refractivity contribution in [3.05, 3.63) is 61.8 Å². The van der Waals surface area contributed by atoms with Crippen molar-refractivity contribution >= 4 is 40.0 Å². The highest BCUT2D eigenvalue weighted by Crippen LogP contribution is 2.32. The number of hydrogen-bond donors (Lipinski definition) is 0. The highest BCUT2D eigenvalue weighted by molar-refractivity contribution is 7.14. The van der Waals surface area contributed by atoms with Gasteiger partial charge in [-0.2, -0.15) is 5.26 Å². The predicted molar refractivity (Wildman–Crippen MR) is 98.6 cm³/mol. The summed E-state index contributed by atoms with van der Waals surface area (Å²) < 4.78 is 4.99. The average Bonchev–Trinajstić information content (AvgIpc) is 3.30. The van der Waals surface area contributed by atoms with E-state index in [4.69, 9.17) is 4.74 Å². The maximum Gasteiger partial charge on any atom is 0.311 e. The normalized spacial score (nSPS) is 11.1. The van der Waals surface area contributed by atoms with Crippen LogP contribution in [0.5, 0.6) is 5.75 Å². The molecule has 124 valence electrons. The van der Waals surface area contributed by atoms with Crippen LogP contribution in [0.4, 0.5) is 5.69 Å². The third-order valence-corrected chi connectivity index (χ3v) is 5.11. The molecule has 6 nitrogen and oxygen atoms in total. The second-order valence-corrected chi connectivity index (χ2v) is 6.68. The summed E-state index contributed by atoms with van der Waals surface area (Å²) in [6.45, 7) is 0. The van der Waals surface area contributed by atoms with Gasteiger partial charge in [-0.1, -0.05) is 12.1 Å². The molecule has 0 fully saturated rings. The van der Waals surface area contributed by atoms with Gasteiger partial charge in [0.25, 0.3) is 0 Å². The van der Waals surface area contributed by atoms with Gasteiger partial charge < -0.3 is 4.74 Å². The molecule has 0 atom stereocenters. The minimum Gasteiger partial charge on any atom is -0.490 e. The van der Waals surface area contributed by atoms with Gasteiger partial charge in [0.15, 0.2) is 5.75 Å². The predicted octanol–water partition coefficient (Wildman–Crippen LogP) is 4.85. The van der Waals surface area contributed by atoms with Crippen molar-refractivity contribution in [3.63, 3.8) is 0 Å². The van der Waals surface area contributed by atoms with Gasteiger partial charge in [-0.15, -0.1) is 22.7 Å². The highest BCUT2D eigenvalue weighted by atomic mass is 32.1. The van der Waals surface area contributed by atoms with Crippen molar-refractivity contribution < 1.29 is 9.66 Å². The number of hydrogen-bond acceptors (Lipinski definition) is 7. The van der Waals surface area contributed by atoms with E-state index >= 15 is 0 Å². The second kappa shape index (κ2) is 7.25. The minimum atomic E-state index is -0.513. The quantitative estimate of drug-likeness (QED) is 0.364. The summed E-state index contributed by atoms with van der Waals surface area (Å²) >= 11 is 2.94. The molecule has 2 heterocycles. The van der Waals surface area contributed by atoms with Crippen LogP contribution >= 0.6 is 22.7 Å². The van der Waals surface area contributed by atoms with Crippen LogP contribution in [0.1, 0.15) is 10.6 Å². The van der Waals surface area contributed by atoms with E-state index in [-0.39, 0.29) is 11.4 Å². The molecule has 1 aromatic carbocycles. The van der Waals surface area contributed by atoms with Crippen LogP contribution < -0.4 is 4.74 Å². The van der Waals surface area contributed by atoms with Gasteiger partial charge in [-0.25, -0.2) is 4.98 Å². The molecule has 0 radical (unpaired) electrons. The first-order valence-electron chi connectivity index (χ1n) is 7.06. The molecule has 0 aliphatic rings. The van der Waals surface area contributed by atoms with Crippen molar-refractivity contribution in [1.29, 1.82) is 5.26 Å². The molecule has 0 aliphatic heterocycles. The smallest absolute Gasteiger partial charge is 0.311 e. The molecule has 0 saturated heterocycles. The van der Waals surface area contributed by atoms with Crippen LogP contribution in [0.15, 0.2) is 41.1 Å². The molecule has 0 N–H and O–H groups in total. The Morgan fingerprint density at radius 1 is 1.40 bits per heavy atom. The Kier molecular flexibility index (Phi) is 4.88. The number of ether oxygens (including phenoxy) is 1. The van der Waals surface area contributed by atoms with Crippen molar-refractivity contribution in [2.24, 2.45) is 0 Å². The molecule has 25 heavy (non-hydrogen) atoms. The first-order valence-corrected chi connectivity index (χ1v) is 8.82. The number of nitro groups is 1. The molecule has 0 saturated carbocycles. The fourth-order valence-corrected chi connectivity index (χ4v) is 3.73. The van der Waals surface area contributed by atoms with Gasteiger partial charge in [0, 0.05) is 11.4 Å². The molecule has 0 aliphatic carbocycles. The second-order valence-electron chi connectivity index (χ2n) is 4.87. The van der Waals surface area contributed by atoms with E-state index in [1.54, 1.807) is 23.5 Å². The number of nitro benzene ring substituents is 1. The molecule has 3 aromatic rings.